The van der Waals surface area contributed by atoms with Crippen LogP contribution in [0.25, 0.3) is 0 Å². The molecule has 8 heteroatoms. The molecule has 168 valence electrons. The number of hydrogen-bond acceptors (Lipinski definition) is 3. The zero-order valence-electron chi connectivity index (χ0n) is 18.1. The van der Waals surface area contributed by atoms with E-state index in [0.717, 1.165) is 18.4 Å². The van der Waals surface area contributed by atoms with Gasteiger partial charge in [0.25, 0.3) is 5.91 Å². The quantitative estimate of drug-likeness (QED) is 0.761. The molecule has 0 atom stereocenters. The van der Waals surface area contributed by atoms with Gasteiger partial charge in [0.15, 0.2) is 0 Å². The first kappa shape index (κ1) is 21.8. The molecule has 32 heavy (non-hydrogen) atoms. The summed E-state index contributed by atoms with van der Waals surface area (Å²) in [5.74, 6) is -0.425. The summed E-state index contributed by atoms with van der Waals surface area (Å²) in [7, 11) is 0. The predicted octanol–water partition coefficient (Wildman–Crippen LogP) is 3.86. The van der Waals surface area contributed by atoms with Crippen LogP contribution in [0.15, 0.2) is 42.5 Å². The molecule has 4 rings (SSSR count). The summed E-state index contributed by atoms with van der Waals surface area (Å²) < 4.78 is 13.1. The molecule has 0 spiro atoms. The number of carbonyl (C=O) groups is 3. The van der Waals surface area contributed by atoms with Crippen LogP contribution in [0.1, 0.15) is 35.2 Å². The smallest absolute Gasteiger partial charge is 0.321 e. The maximum absolute atomic E-state index is 13.1. The van der Waals surface area contributed by atoms with E-state index in [9.17, 15) is 18.8 Å². The van der Waals surface area contributed by atoms with E-state index in [-0.39, 0.29) is 29.6 Å². The second-order valence-electron chi connectivity index (χ2n) is 8.36. The van der Waals surface area contributed by atoms with E-state index in [2.05, 4.69) is 10.6 Å². The first-order valence-electron chi connectivity index (χ1n) is 10.9. The Morgan fingerprint density at radius 1 is 0.906 bits per heavy atom. The fourth-order valence-electron chi connectivity index (χ4n) is 3.72. The van der Waals surface area contributed by atoms with Crippen molar-refractivity contribution in [3.05, 3.63) is 59.4 Å². The molecule has 2 aromatic carbocycles. The van der Waals surface area contributed by atoms with Gasteiger partial charge in [-0.3, -0.25) is 9.59 Å². The van der Waals surface area contributed by atoms with E-state index in [1.165, 1.54) is 24.3 Å². The molecule has 1 aliphatic heterocycles. The number of benzene rings is 2. The van der Waals surface area contributed by atoms with Crippen LogP contribution in [0, 0.1) is 18.7 Å². The average Bonchev–Trinajstić information content (AvgIpc) is 3.63. The molecule has 1 saturated carbocycles. The Morgan fingerprint density at radius 3 is 2.31 bits per heavy atom. The first-order valence-corrected chi connectivity index (χ1v) is 10.9. The topological polar surface area (TPSA) is 81.8 Å². The van der Waals surface area contributed by atoms with Crippen LogP contribution >= 0.6 is 0 Å². The zero-order valence-corrected chi connectivity index (χ0v) is 18.1. The van der Waals surface area contributed by atoms with Gasteiger partial charge < -0.3 is 20.4 Å². The van der Waals surface area contributed by atoms with Crippen molar-refractivity contribution in [2.24, 2.45) is 5.92 Å². The van der Waals surface area contributed by atoms with E-state index in [1.54, 1.807) is 15.9 Å². The van der Waals surface area contributed by atoms with Crippen LogP contribution in [0.2, 0.25) is 0 Å². The Morgan fingerprint density at radius 2 is 1.59 bits per heavy atom. The number of nitrogens with zero attached hydrogens (tertiary/aromatic N) is 2. The van der Waals surface area contributed by atoms with E-state index in [0.29, 0.717) is 49.5 Å². The summed E-state index contributed by atoms with van der Waals surface area (Å²) in [6.07, 6.45) is 2.50. The third-order valence-electron chi connectivity index (χ3n) is 5.86. The van der Waals surface area contributed by atoms with Gasteiger partial charge in [0, 0.05) is 49.0 Å². The Bertz CT molecular complexity index is 1020. The van der Waals surface area contributed by atoms with Crippen LogP contribution in [0.5, 0.6) is 0 Å². The molecule has 0 unspecified atom stereocenters. The van der Waals surface area contributed by atoms with Crippen LogP contribution in [0.3, 0.4) is 0 Å². The number of amides is 4. The van der Waals surface area contributed by atoms with E-state index < -0.39 is 0 Å². The summed E-state index contributed by atoms with van der Waals surface area (Å²) in [6.45, 7) is 3.75. The highest BCUT2D eigenvalue weighted by molar-refractivity contribution is 5.96. The highest BCUT2D eigenvalue weighted by atomic mass is 19.1. The predicted molar refractivity (Wildman–Crippen MR) is 120 cm³/mol. The highest BCUT2D eigenvalue weighted by Gasteiger charge is 2.29. The number of anilines is 2. The van der Waals surface area contributed by atoms with Crippen LogP contribution in [0.4, 0.5) is 20.6 Å². The molecule has 0 aromatic heterocycles. The lowest BCUT2D eigenvalue weighted by Crippen LogP contribution is -2.39. The van der Waals surface area contributed by atoms with Gasteiger partial charge in [-0.2, -0.15) is 0 Å². The lowest BCUT2D eigenvalue weighted by molar-refractivity contribution is -0.117. The van der Waals surface area contributed by atoms with Gasteiger partial charge in [-0.05, 0) is 68.1 Å². The summed E-state index contributed by atoms with van der Waals surface area (Å²) in [6, 6.07) is 10.7. The summed E-state index contributed by atoms with van der Waals surface area (Å²) >= 11 is 0. The van der Waals surface area contributed by atoms with Gasteiger partial charge >= 0.3 is 6.03 Å². The molecule has 1 aliphatic carbocycles. The molecule has 0 bridgehead atoms. The van der Waals surface area contributed by atoms with Crippen molar-refractivity contribution in [2.45, 2.75) is 26.2 Å². The molecular formula is C24H27FN4O3. The number of hydrogen-bond donors (Lipinski definition) is 2. The van der Waals surface area contributed by atoms with Crippen LogP contribution in [-0.4, -0.2) is 53.8 Å². The number of carbonyl (C=O) groups excluding carboxylic acids is 3. The summed E-state index contributed by atoms with van der Waals surface area (Å²) in [5, 5.41) is 5.84. The van der Waals surface area contributed by atoms with E-state index in [4.69, 9.17) is 0 Å². The van der Waals surface area contributed by atoms with Crippen LogP contribution < -0.4 is 10.6 Å². The monoisotopic (exact) mass is 438 g/mol. The van der Waals surface area contributed by atoms with Crippen molar-refractivity contribution in [3.8, 4) is 0 Å². The molecule has 0 radical (unpaired) electrons. The molecule has 2 fully saturated rings. The SMILES string of the molecule is Cc1ccc(NC(=O)C2CC2)cc1NC(=O)N1CCCN(C(=O)c2ccc(F)cc2)CC1. The second kappa shape index (κ2) is 9.38. The highest BCUT2D eigenvalue weighted by Crippen LogP contribution is 2.31. The summed E-state index contributed by atoms with van der Waals surface area (Å²) in [5.41, 5.74) is 2.64. The van der Waals surface area contributed by atoms with Crippen molar-refractivity contribution < 1.29 is 18.8 Å². The second-order valence-corrected chi connectivity index (χ2v) is 8.36. The van der Waals surface area contributed by atoms with Gasteiger partial charge in [-0.15, -0.1) is 0 Å². The van der Waals surface area contributed by atoms with Crippen molar-refractivity contribution in [1.82, 2.24) is 9.80 Å². The third kappa shape index (κ3) is 5.25. The third-order valence-corrected chi connectivity index (χ3v) is 5.86. The Hall–Kier alpha value is -3.42. The minimum absolute atomic E-state index is 0.0181. The van der Waals surface area contributed by atoms with E-state index in [1.807, 2.05) is 19.1 Å². The fourth-order valence-corrected chi connectivity index (χ4v) is 3.72. The van der Waals surface area contributed by atoms with Gasteiger partial charge in [-0.25, -0.2) is 9.18 Å². The zero-order chi connectivity index (χ0) is 22.7. The molecule has 2 N–H and O–H groups in total. The maximum Gasteiger partial charge on any atom is 0.321 e. The number of aryl methyl sites for hydroxylation is 1. The molecule has 2 aromatic rings. The van der Waals surface area contributed by atoms with Crippen LogP contribution in [-0.2, 0) is 4.79 Å². The van der Waals surface area contributed by atoms with E-state index >= 15 is 0 Å². The van der Waals surface area contributed by atoms with Crippen molar-refractivity contribution in [2.75, 3.05) is 36.8 Å². The number of urea groups is 1. The molecule has 1 heterocycles. The fraction of sp³-hybridized carbons (Fsp3) is 0.375. The molecule has 2 aliphatic rings. The number of halogens is 1. The average molecular weight is 439 g/mol. The van der Waals surface area contributed by atoms with Crippen molar-refractivity contribution >= 4 is 29.2 Å². The maximum atomic E-state index is 13.1. The summed E-state index contributed by atoms with van der Waals surface area (Å²) in [4.78, 5) is 41.0. The largest absolute Gasteiger partial charge is 0.337 e. The van der Waals surface area contributed by atoms with Crippen molar-refractivity contribution in [3.63, 3.8) is 0 Å². The number of rotatable bonds is 4. The minimum atomic E-state index is -0.383. The van der Waals surface area contributed by atoms with Crippen molar-refractivity contribution in [1.29, 1.82) is 0 Å². The molecular weight excluding hydrogens is 411 g/mol. The van der Waals surface area contributed by atoms with Gasteiger partial charge in [-0.1, -0.05) is 6.07 Å². The Balaban J connectivity index is 1.36. The standard InChI is InChI=1S/C24H27FN4O3/c1-16-3-10-20(26-22(30)17-4-5-17)15-21(16)27-24(32)29-12-2-11-28(13-14-29)23(31)18-6-8-19(25)9-7-18/h3,6-10,15,17H,2,4-5,11-14H2,1H3,(H,26,30)(H,27,32). The van der Waals surface area contributed by atoms with Gasteiger partial charge in [0.2, 0.25) is 5.91 Å². The first-order chi connectivity index (χ1) is 15.4. The molecule has 1 saturated heterocycles. The lowest BCUT2D eigenvalue weighted by Gasteiger charge is -2.23. The Kier molecular flexibility index (Phi) is 6.39. The lowest BCUT2D eigenvalue weighted by atomic mass is 10.1. The van der Waals surface area contributed by atoms with Gasteiger partial charge in [0.1, 0.15) is 5.82 Å². The number of nitrogens with one attached hydrogen (secondary N) is 2. The molecule has 7 nitrogen and oxygen atoms in total. The normalized spacial score (nSPS) is 16.3. The van der Waals surface area contributed by atoms with Gasteiger partial charge in [0.05, 0.1) is 0 Å². The molecule has 4 amide bonds. The minimum Gasteiger partial charge on any atom is -0.337 e. The Labute approximate surface area is 186 Å².